The zero-order chi connectivity index (χ0) is 21.4. The van der Waals surface area contributed by atoms with Crippen LogP contribution in [-0.2, 0) is 9.84 Å². The Kier molecular flexibility index (Phi) is 5.18. The summed E-state index contributed by atoms with van der Waals surface area (Å²) in [7, 11) is -5.78. The Morgan fingerprint density at radius 1 is 1.10 bits per heavy atom. The Balaban J connectivity index is 1.95. The highest BCUT2D eigenvalue weighted by Gasteiger charge is 2.49. The van der Waals surface area contributed by atoms with Gasteiger partial charge < -0.3 is 5.32 Å². The maximum atomic E-state index is 12.9. The van der Waals surface area contributed by atoms with E-state index < -0.39 is 31.8 Å². The summed E-state index contributed by atoms with van der Waals surface area (Å²) in [6.45, 7) is 3.66. The number of halogens is 3. The van der Waals surface area contributed by atoms with Gasteiger partial charge in [0.2, 0.25) is 0 Å². The van der Waals surface area contributed by atoms with Crippen LogP contribution in [0.4, 0.5) is 18.9 Å². The molecule has 152 valence electrons. The van der Waals surface area contributed by atoms with Crippen LogP contribution in [0.1, 0.15) is 21.7 Å². The van der Waals surface area contributed by atoms with Gasteiger partial charge in [0, 0.05) is 17.6 Å². The predicted molar refractivity (Wildman–Crippen MR) is 98.5 cm³/mol. The summed E-state index contributed by atoms with van der Waals surface area (Å²) < 4.78 is 63.8. The maximum absolute atomic E-state index is 12.9. The third kappa shape index (κ3) is 3.99. The molecule has 0 aliphatic carbocycles. The van der Waals surface area contributed by atoms with Crippen molar-refractivity contribution in [2.24, 2.45) is 0 Å². The topological polar surface area (TPSA) is 94.0 Å². The SMILES string of the molecule is Cc1cc(C)n(-c2cccc(NC(=O)c3cccnc3S(=O)(=O)C(F)(F)F)c2)n1. The van der Waals surface area contributed by atoms with Crippen molar-refractivity contribution < 1.29 is 26.4 Å². The highest BCUT2D eigenvalue weighted by molar-refractivity contribution is 7.92. The summed E-state index contributed by atoms with van der Waals surface area (Å²) in [4.78, 5) is 15.8. The van der Waals surface area contributed by atoms with E-state index in [4.69, 9.17) is 0 Å². The van der Waals surface area contributed by atoms with Crippen molar-refractivity contribution in [2.45, 2.75) is 24.4 Å². The number of rotatable bonds is 4. The number of aryl methyl sites for hydroxylation is 2. The summed E-state index contributed by atoms with van der Waals surface area (Å²) in [6.07, 6.45) is 0.874. The zero-order valence-electron chi connectivity index (χ0n) is 15.2. The normalized spacial score (nSPS) is 12.0. The van der Waals surface area contributed by atoms with Crippen molar-refractivity contribution in [1.29, 1.82) is 0 Å². The second kappa shape index (κ2) is 7.32. The van der Waals surface area contributed by atoms with Gasteiger partial charge >= 0.3 is 5.51 Å². The number of carbonyl (C=O) groups is 1. The number of anilines is 1. The van der Waals surface area contributed by atoms with Gasteiger partial charge in [0.05, 0.1) is 16.9 Å². The summed E-state index contributed by atoms with van der Waals surface area (Å²) >= 11 is 0. The van der Waals surface area contributed by atoms with Gasteiger partial charge in [-0.2, -0.15) is 18.3 Å². The molecule has 0 saturated carbocycles. The highest BCUT2D eigenvalue weighted by Crippen LogP contribution is 2.31. The monoisotopic (exact) mass is 424 g/mol. The Morgan fingerprint density at radius 3 is 2.45 bits per heavy atom. The molecule has 1 N–H and O–H groups in total. The van der Waals surface area contributed by atoms with Gasteiger partial charge in [0.1, 0.15) is 0 Å². The van der Waals surface area contributed by atoms with Gasteiger partial charge in [-0.05, 0) is 50.2 Å². The first kappa shape index (κ1) is 20.5. The molecule has 0 fully saturated rings. The molecule has 11 heteroatoms. The van der Waals surface area contributed by atoms with Gasteiger partial charge in [-0.3, -0.25) is 4.79 Å². The number of nitrogens with one attached hydrogen (secondary N) is 1. The van der Waals surface area contributed by atoms with Gasteiger partial charge in [-0.15, -0.1) is 0 Å². The van der Waals surface area contributed by atoms with Crippen molar-refractivity contribution in [3.05, 3.63) is 65.6 Å². The highest BCUT2D eigenvalue weighted by atomic mass is 32.2. The van der Waals surface area contributed by atoms with E-state index in [-0.39, 0.29) is 5.69 Å². The third-order valence-corrected chi connectivity index (χ3v) is 5.38. The molecule has 0 unspecified atom stereocenters. The lowest BCUT2D eigenvalue weighted by molar-refractivity contribution is -0.0438. The lowest BCUT2D eigenvalue weighted by Crippen LogP contribution is -2.27. The number of carbonyl (C=O) groups excluding carboxylic acids is 1. The van der Waals surface area contributed by atoms with E-state index in [1.807, 2.05) is 19.9 Å². The molecule has 1 aromatic carbocycles. The lowest BCUT2D eigenvalue weighted by atomic mass is 10.2. The van der Waals surface area contributed by atoms with Gasteiger partial charge in [-0.1, -0.05) is 6.07 Å². The number of nitrogens with zero attached hydrogens (tertiary/aromatic N) is 3. The van der Waals surface area contributed by atoms with Crippen LogP contribution in [0.15, 0.2) is 53.7 Å². The fourth-order valence-electron chi connectivity index (χ4n) is 2.69. The zero-order valence-corrected chi connectivity index (χ0v) is 16.0. The minimum absolute atomic E-state index is 0.249. The van der Waals surface area contributed by atoms with E-state index in [2.05, 4.69) is 15.4 Å². The molecule has 1 amide bonds. The first-order chi connectivity index (χ1) is 13.5. The molecule has 0 radical (unpaired) electrons. The van der Waals surface area contributed by atoms with Gasteiger partial charge in [0.15, 0.2) is 5.03 Å². The van der Waals surface area contributed by atoms with E-state index in [1.54, 1.807) is 22.9 Å². The molecule has 3 aromatic rings. The van der Waals surface area contributed by atoms with E-state index in [1.165, 1.54) is 12.1 Å². The third-order valence-electron chi connectivity index (χ3n) is 3.93. The van der Waals surface area contributed by atoms with Gasteiger partial charge in [-0.25, -0.2) is 18.1 Å². The number of hydrogen-bond acceptors (Lipinski definition) is 5. The molecule has 0 aliphatic heterocycles. The number of benzene rings is 1. The van der Waals surface area contributed by atoms with Crippen molar-refractivity contribution in [2.75, 3.05) is 5.32 Å². The maximum Gasteiger partial charge on any atom is 0.503 e. The average Bonchev–Trinajstić information content (AvgIpc) is 2.99. The van der Waals surface area contributed by atoms with Crippen LogP contribution in [0.25, 0.3) is 5.69 Å². The fourth-order valence-corrected chi connectivity index (χ4v) is 3.56. The molecule has 0 spiro atoms. The first-order valence-electron chi connectivity index (χ1n) is 8.22. The minimum Gasteiger partial charge on any atom is -0.322 e. The number of amides is 1. The van der Waals surface area contributed by atoms with Crippen molar-refractivity contribution >= 4 is 21.4 Å². The molecule has 0 aliphatic rings. The summed E-state index contributed by atoms with van der Waals surface area (Å²) in [5.74, 6) is -1.04. The molecule has 2 heterocycles. The molecule has 0 atom stereocenters. The lowest BCUT2D eigenvalue weighted by Gasteiger charge is -2.12. The quantitative estimate of drug-likeness (QED) is 0.693. The van der Waals surface area contributed by atoms with Crippen molar-refractivity contribution in [3.63, 3.8) is 0 Å². The Bertz CT molecular complexity index is 1190. The summed E-state index contributed by atoms with van der Waals surface area (Å²) in [6, 6.07) is 10.4. The summed E-state index contributed by atoms with van der Waals surface area (Å²) in [5.41, 5.74) is -3.79. The molecule has 0 saturated heterocycles. The Morgan fingerprint density at radius 2 is 1.83 bits per heavy atom. The average molecular weight is 424 g/mol. The van der Waals surface area contributed by atoms with E-state index >= 15 is 0 Å². The van der Waals surface area contributed by atoms with Crippen molar-refractivity contribution in [3.8, 4) is 5.69 Å². The van der Waals surface area contributed by atoms with Crippen LogP contribution in [0.3, 0.4) is 0 Å². The predicted octanol–water partition coefficient (Wildman–Crippen LogP) is 3.43. The van der Waals surface area contributed by atoms with E-state index in [0.717, 1.165) is 23.7 Å². The fraction of sp³-hybridized carbons (Fsp3) is 0.167. The molecule has 29 heavy (non-hydrogen) atoms. The smallest absolute Gasteiger partial charge is 0.322 e. The molecular weight excluding hydrogens is 409 g/mol. The van der Waals surface area contributed by atoms with Crippen LogP contribution in [-0.4, -0.2) is 34.6 Å². The standard InChI is InChI=1S/C18H15F3N4O3S/c1-11-9-12(2)25(24-11)14-6-3-5-13(10-14)23-16(26)15-7-4-8-22-17(15)29(27,28)18(19,20)21/h3-10H,1-2H3,(H,23,26). The second-order valence-corrected chi connectivity index (χ2v) is 8.01. The Hall–Kier alpha value is -3.21. The van der Waals surface area contributed by atoms with Crippen LogP contribution < -0.4 is 5.32 Å². The Labute approximate surface area is 164 Å². The number of alkyl halides is 3. The van der Waals surface area contributed by atoms with Gasteiger partial charge in [0.25, 0.3) is 15.7 Å². The van der Waals surface area contributed by atoms with Crippen LogP contribution in [0.5, 0.6) is 0 Å². The number of sulfone groups is 1. The summed E-state index contributed by atoms with van der Waals surface area (Å²) in [5, 5.41) is 5.38. The number of pyridine rings is 1. The van der Waals surface area contributed by atoms with E-state index in [9.17, 15) is 26.4 Å². The molecule has 7 nitrogen and oxygen atoms in total. The second-order valence-electron chi connectivity index (χ2n) is 6.15. The first-order valence-corrected chi connectivity index (χ1v) is 9.70. The largest absolute Gasteiger partial charge is 0.503 e. The minimum atomic E-state index is -5.78. The van der Waals surface area contributed by atoms with Crippen LogP contribution in [0.2, 0.25) is 0 Å². The number of aromatic nitrogens is 3. The molecular formula is C18H15F3N4O3S. The molecule has 2 aromatic heterocycles. The molecule has 3 rings (SSSR count). The number of hydrogen-bond donors (Lipinski definition) is 1. The van der Waals surface area contributed by atoms with Crippen LogP contribution in [0, 0.1) is 13.8 Å². The van der Waals surface area contributed by atoms with E-state index in [0.29, 0.717) is 5.69 Å². The molecule has 0 bridgehead atoms. The van der Waals surface area contributed by atoms with Crippen LogP contribution >= 0.6 is 0 Å². The van der Waals surface area contributed by atoms with Crippen molar-refractivity contribution in [1.82, 2.24) is 14.8 Å².